The maximum atomic E-state index is 13.4. The van der Waals surface area contributed by atoms with Gasteiger partial charge in [0.15, 0.2) is 0 Å². The molecular formula is C11H11FN2O5. The van der Waals surface area contributed by atoms with Gasteiger partial charge in [-0.2, -0.15) is 0 Å². The molecule has 0 saturated heterocycles. The molecule has 1 aromatic rings. The molecule has 0 radical (unpaired) electrons. The number of carboxylic acids is 2. The normalized spacial score (nSPS) is 11.6. The van der Waals surface area contributed by atoms with Gasteiger partial charge in [0.2, 0.25) is 0 Å². The number of hydrogen-bond acceptors (Lipinski definition) is 4. The zero-order valence-electron chi connectivity index (χ0n) is 9.59. The fourth-order valence-electron chi connectivity index (χ4n) is 1.46. The molecule has 0 aliphatic carbocycles. The zero-order valence-corrected chi connectivity index (χ0v) is 9.59. The summed E-state index contributed by atoms with van der Waals surface area (Å²) in [5, 5.41) is 19.7. The number of halogens is 1. The van der Waals surface area contributed by atoms with E-state index in [2.05, 4.69) is 5.32 Å². The molecular weight excluding hydrogens is 259 g/mol. The lowest BCUT2D eigenvalue weighted by atomic mass is 10.1. The number of rotatable bonds is 6. The van der Waals surface area contributed by atoms with Crippen molar-refractivity contribution in [2.75, 3.05) is 5.32 Å². The van der Waals surface area contributed by atoms with Crippen LogP contribution >= 0.6 is 0 Å². The molecule has 7 nitrogen and oxygen atoms in total. The van der Waals surface area contributed by atoms with Crippen molar-refractivity contribution in [3.8, 4) is 0 Å². The van der Waals surface area contributed by atoms with Gasteiger partial charge < -0.3 is 21.3 Å². The number of carboxylic acid groups (broad SMARTS) is 2. The Balaban J connectivity index is 3.09. The number of aliphatic carboxylic acids is 2. The zero-order chi connectivity index (χ0) is 14.6. The lowest BCUT2D eigenvalue weighted by molar-refractivity contribution is -0.144. The Bertz CT molecular complexity index is 532. The fourth-order valence-corrected chi connectivity index (χ4v) is 1.46. The van der Waals surface area contributed by atoms with Gasteiger partial charge in [-0.3, -0.25) is 9.59 Å². The van der Waals surface area contributed by atoms with E-state index in [1.54, 1.807) is 0 Å². The average Bonchev–Trinajstić information content (AvgIpc) is 2.26. The summed E-state index contributed by atoms with van der Waals surface area (Å²) in [5.41, 5.74) is 4.31. The van der Waals surface area contributed by atoms with Crippen LogP contribution in [0, 0.1) is 5.82 Å². The summed E-state index contributed by atoms with van der Waals surface area (Å²) >= 11 is 0. The first-order chi connectivity index (χ1) is 8.82. The molecule has 0 aliphatic heterocycles. The monoisotopic (exact) mass is 270 g/mol. The van der Waals surface area contributed by atoms with Crippen LogP contribution in [-0.2, 0) is 9.59 Å². The minimum atomic E-state index is -1.50. The molecule has 0 aromatic heterocycles. The summed E-state index contributed by atoms with van der Waals surface area (Å²) in [6.45, 7) is 0. The molecule has 0 saturated carbocycles. The molecule has 0 spiro atoms. The van der Waals surface area contributed by atoms with E-state index in [0.29, 0.717) is 0 Å². The maximum Gasteiger partial charge on any atom is 0.326 e. The Kier molecular flexibility index (Phi) is 4.41. The van der Waals surface area contributed by atoms with Crippen LogP contribution < -0.4 is 11.1 Å². The predicted molar refractivity (Wildman–Crippen MR) is 62.2 cm³/mol. The van der Waals surface area contributed by atoms with Crippen molar-refractivity contribution in [2.24, 2.45) is 5.73 Å². The largest absolute Gasteiger partial charge is 0.481 e. The third kappa shape index (κ3) is 3.66. The molecule has 5 N–H and O–H groups in total. The summed E-state index contributed by atoms with van der Waals surface area (Å²) in [6.07, 6.45) is -0.732. The SMILES string of the molecule is NC(=O)c1c(F)cccc1NC(CC(=O)O)C(=O)O. The Morgan fingerprint density at radius 1 is 1.32 bits per heavy atom. The van der Waals surface area contributed by atoms with Gasteiger partial charge in [-0.15, -0.1) is 0 Å². The van der Waals surface area contributed by atoms with Crippen LogP contribution in [0.25, 0.3) is 0 Å². The number of anilines is 1. The van der Waals surface area contributed by atoms with Crippen molar-refractivity contribution in [1.29, 1.82) is 0 Å². The highest BCUT2D eigenvalue weighted by molar-refractivity contribution is 5.99. The first kappa shape index (κ1) is 14.4. The van der Waals surface area contributed by atoms with E-state index in [0.717, 1.165) is 6.07 Å². The highest BCUT2D eigenvalue weighted by Gasteiger charge is 2.23. The molecule has 1 aromatic carbocycles. The highest BCUT2D eigenvalue weighted by Crippen LogP contribution is 2.20. The van der Waals surface area contributed by atoms with Crippen LogP contribution in [0.5, 0.6) is 0 Å². The molecule has 0 aliphatic rings. The molecule has 0 bridgehead atoms. The molecule has 102 valence electrons. The number of benzene rings is 1. The van der Waals surface area contributed by atoms with Gasteiger partial charge >= 0.3 is 11.9 Å². The van der Waals surface area contributed by atoms with Crippen molar-refractivity contribution >= 4 is 23.5 Å². The van der Waals surface area contributed by atoms with E-state index >= 15 is 0 Å². The Labute approximate surface area is 106 Å². The van der Waals surface area contributed by atoms with Gasteiger partial charge in [-0.25, -0.2) is 9.18 Å². The number of carbonyl (C=O) groups is 3. The van der Waals surface area contributed by atoms with E-state index in [4.69, 9.17) is 15.9 Å². The second-order valence-electron chi connectivity index (χ2n) is 3.66. The first-order valence-corrected chi connectivity index (χ1v) is 5.12. The van der Waals surface area contributed by atoms with E-state index in [-0.39, 0.29) is 5.69 Å². The number of hydrogen-bond donors (Lipinski definition) is 4. The van der Waals surface area contributed by atoms with Gasteiger partial charge in [0.25, 0.3) is 5.91 Å². The molecule has 0 fully saturated rings. The number of nitrogens with one attached hydrogen (secondary N) is 1. The van der Waals surface area contributed by atoms with Crippen molar-refractivity contribution in [1.82, 2.24) is 0 Å². The number of nitrogens with two attached hydrogens (primary N) is 1. The third-order valence-electron chi connectivity index (χ3n) is 2.27. The predicted octanol–water partition coefficient (Wildman–Crippen LogP) is 0.264. The van der Waals surface area contributed by atoms with Crippen LogP contribution in [0.2, 0.25) is 0 Å². The van der Waals surface area contributed by atoms with Crippen molar-refractivity contribution < 1.29 is 29.0 Å². The molecule has 19 heavy (non-hydrogen) atoms. The summed E-state index contributed by atoms with van der Waals surface area (Å²) in [7, 11) is 0. The third-order valence-corrected chi connectivity index (χ3v) is 2.27. The topological polar surface area (TPSA) is 130 Å². The van der Waals surface area contributed by atoms with E-state index in [9.17, 15) is 18.8 Å². The van der Waals surface area contributed by atoms with Crippen LogP contribution in [0.15, 0.2) is 18.2 Å². The molecule has 1 amide bonds. The standard InChI is InChI=1S/C11H11FN2O5/c12-5-2-1-3-6(9(5)10(13)17)14-7(11(18)19)4-8(15)16/h1-3,7,14H,4H2,(H2,13,17)(H,15,16)(H,18,19). The average molecular weight is 270 g/mol. The van der Waals surface area contributed by atoms with Crippen LogP contribution in [0.4, 0.5) is 10.1 Å². The number of carbonyl (C=O) groups excluding carboxylic acids is 1. The minimum Gasteiger partial charge on any atom is -0.481 e. The van der Waals surface area contributed by atoms with Crippen LogP contribution in [0.1, 0.15) is 16.8 Å². The lowest BCUT2D eigenvalue weighted by Crippen LogP contribution is -2.33. The Morgan fingerprint density at radius 3 is 2.42 bits per heavy atom. The van der Waals surface area contributed by atoms with Gasteiger partial charge in [-0.05, 0) is 12.1 Å². The quantitative estimate of drug-likeness (QED) is 0.586. The highest BCUT2D eigenvalue weighted by atomic mass is 19.1. The van der Waals surface area contributed by atoms with Crippen molar-refractivity contribution in [3.05, 3.63) is 29.6 Å². The van der Waals surface area contributed by atoms with Gasteiger partial charge in [0.05, 0.1) is 17.7 Å². The summed E-state index contributed by atoms with van der Waals surface area (Å²) in [6, 6.07) is 1.96. The fraction of sp³-hybridized carbons (Fsp3) is 0.182. The van der Waals surface area contributed by atoms with E-state index < -0.39 is 41.7 Å². The smallest absolute Gasteiger partial charge is 0.326 e. The van der Waals surface area contributed by atoms with E-state index in [1.165, 1.54) is 12.1 Å². The Morgan fingerprint density at radius 2 is 1.95 bits per heavy atom. The second kappa shape index (κ2) is 5.80. The van der Waals surface area contributed by atoms with E-state index in [1.807, 2.05) is 0 Å². The molecule has 1 unspecified atom stereocenters. The first-order valence-electron chi connectivity index (χ1n) is 5.12. The van der Waals surface area contributed by atoms with Crippen LogP contribution in [-0.4, -0.2) is 34.1 Å². The number of primary amides is 1. The minimum absolute atomic E-state index is 0.166. The second-order valence-corrected chi connectivity index (χ2v) is 3.66. The Hall–Kier alpha value is -2.64. The van der Waals surface area contributed by atoms with Gasteiger partial charge in [-0.1, -0.05) is 6.07 Å². The van der Waals surface area contributed by atoms with Gasteiger partial charge in [0, 0.05) is 0 Å². The van der Waals surface area contributed by atoms with Crippen molar-refractivity contribution in [3.63, 3.8) is 0 Å². The molecule has 1 atom stereocenters. The summed E-state index contributed by atoms with van der Waals surface area (Å²) in [5.74, 6) is -4.80. The summed E-state index contributed by atoms with van der Waals surface area (Å²) < 4.78 is 13.4. The molecule has 0 heterocycles. The summed E-state index contributed by atoms with van der Waals surface area (Å²) in [4.78, 5) is 32.5. The van der Waals surface area contributed by atoms with Gasteiger partial charge in [0.1, 0.15) is 11.9 Å². The number of amides is 1. The van der Waals surface area contributed by atoms with Crippen molar-refractivity contribution in [2.45, 2.75) is 12.5 Å². The maximum absolute atomic E-state index is 13.4. The van der Waals surface area contributed by atoms with Crippen LogP contribution in [0.3, 0.4) is 0 Å². The molecule has 1 rings (SSSR count). The molecule has 8 heteroatoms. The lowest BCUT2D eigenvalue weighted by Gasteiger charge is -2.16.